The fourth-order valence-electron chi connectivity index (χ4n) is 3.26. The van der Waals surface area contributed by atoms with E-state index in [0.29, 0.717) is 46.0 Å². The van der Waals surface area contributed by atoms with Crippen molar-refractivity contribution in [2.45, 2.75) is 18.8 Å². The highest BCUT2D eigenvalue weighted by Crippen LogP contribution is 2.30. The molecule has 4 rings (SSSR count). The first-order chi connectivity index (χ1) is 13.5. The van der Waals surface area contributed by atoms with E-state index in [1.165, 1.54) is 12.1 Å². The van der Waals surface area contributed by atoms with Gasteiger partial charge in [0.15, 0.2) is 0 Å². The molecule has 144 valence electrons. The Balaban J connectivity index is 1.41. The molecule has 1 fully saturated rings. The van der Waals surface area contributed by atoms with Crippen LogP contribution >= 0.6 is 23.2 Å². The zero-order chi connectivity index (χ0) is 19.7. The average molecular weight is 420 g/mol. The van der Waals surface area contributed by atoms with Crippen LogP contribution < -0.4 is 0 Å². The van der Waals surface area contributed by atoms with E-state index in [4.69, 9.17) is 27.7 Å². The largest absolute Gasteiger partial charge is 0.339 e. The molecule has 0 spiro atoms. The Morgan fingerprint density at radius 2 is 1.79 bits per heavy atom. The monoisotopic (exact) mass is 419 g/mol. The van der Waals surface area contributed by atoms with E-state index in [0.717, 1.165) is 12.8 Å². The number of hydrogen-bond donors (Lipinski definition) is 0. The van der Waals surface area contributed by atoms with Gasteiger partial charge in [0.2, 0.25) is 11.7 Å². The molecule has 8 heteroatoms. The molecule has 0 saturated carbocycles. The van der Waals surface area contributed by atoms with Gasteiger partial charge in [-0.25, -0.2) is 4.39 Å². The van der Waals surface area contributed by atoms with Crippen molar-refractivity contribution >= 4 is 29.1 Å². The molecule has 0 radical (unpaired) electrons. The molecule has 28 heavy (non-hydrogen) atoms. The van der Waals surface area contributed by atoms with Gasteiger partial charge in [0.1, 0.15) is 5.82 Å². The van der Waals surface area contributed by atoms with Crippen molar-refractivity contribution in [3.8, 4) is 11.4 Å². The van der Waals surface area contributed by atoms with Crippen LogP contribution in [-0.2, 0) is 0 Å². The maximum Gasteiger partial charge on any atom is 0.253 e. The van der Waals surface area contributed by atoms with Gasteiger partial charge in [-0.05, 0) is 55.3 Å². The summed E-state index contributed by atoms with van der Waals surface area (Å²) < 4.78 is 18.5. The number of aromatic nitrogens is 2. The molecule has 0 unspecified atom stereocenters. The minimum atomic E-state index is -0.313. The van der Waals surface area contributed by atoms with E-state index in [1.807, 2.05) is 0 Å². The summed E-state index contributed by atoms with van der Waals surface area (Å²) in [5.41, 5.74) is 1.22. The molecule has 1 amide bonds. The minimum absolute atomic E-state index is 0.0745. The Morgan fingerprint density at radius 3 is 2.46 bits per heavy atom. The number of likely N-dealkylation sites (tertiary alicyclic amines) is 1. The molecule has 3 aromatic rings. The number of piperidine rings is 1. The maximum absolute atomic E-state index is 13.1. The second kappa shape index (κ2) is 7.89. The first-order valence-corrected chi connectivity index (χ1v) is 9.61. The normalized spacial score (nSPS) is 15.0. The van der Waals surface area contributed by atoms with Crippen LogP contribution in [0.4, 0.5) is 4.39 Å². The molecule has 5 nitrogen and oxygen atoms in total. The van der Waals surface area contributed by atoms with Gasteiger partial charge in [-0.1, -0.05) is 28.4 Å². The third kappa shape index (κ3) is 3.88. The fourth-order valence-corrected chi connectivity index (χ4v) is 3.56. The molecule has 2 heterocycles. The average Bonchev–Trinajstić information content (AvgIpc) is 3.20. The zero-order valence-corrected chi connectivity index (χ0v) is 16.3. The number of rotatable bonds is 3. The van der Waals surface area contributed by atoms with Crippen LogP contribution in [0.2, 0.25) is 10.0 Å². The summed E-state index contributed by atoms with van der Waals surface area (Å²) in [5.74, 6) is 0.672. The van der Waals surface area contributed by atoms with E-state index in [2.05, 4.69) is 10.1 Å². The summed E-state index contributed by atoms with van der Waals surface area (Å²) in [5, 5.41) is 4.78. The number of nitrogens with zero attached hydrogens (tertiary/aromatic N) is 3. The molecule has 1 saturated heterocycles. The molecule has 1 aliphatic rings. The lowest BCUT2D eigenvalue weighted by molar-refractivity contribution is 0.0704. The van der Waals surface area contributed by atoms with Crippen LogP contribution in [0.3, 0.4) is 0 Å². The Labute approximate surface area is 171 Å². The lowest BCUT2D eigenvalue weighted by atomic mass is 9.96. The van der Waals surface area contributed by atoms with Crippen LogP contribution in [-0.4, -0.2) is 34.0 Å². The van der Waals surface area contributed by atoms with Crippen LogP contribution in [0.15, 0.2) is 47.0 Å². The SMILES string of the molecule is O=C(c1ccc(Cl)c(Cl)c1)N1CCC(c2nc(-c3ccc(F)cc3)no2)CC1. The lowest BCUT2D eigenvalue weighted by Crippen LogP contribution is -2.38. The highest BCUT2D eigenvalue weighted by Gasteiger charge is 2.28. The highest BCUT2D eigenvalue weighted by molar-refractivity contribution is 6.42. The van der Waals surface area contributed by atoms with Gasteiger partial charge in [-0.15, -0.1) is 0 Å². The van der Waals surface area contributed by atoms with Crippen molar-refractivity contribution in [1.29, 1.82) is 0 Å². The van der Waals surface area contributed by atoms with Crippen molar-refractivity contribution in [2.24, 2.45) is 0 Å². The summed E-state index contributed by atoms with van der Waals surface area (Å²) >= 11 is 11.9. The summed E-state index contributed by atoms with van der Waals surface area (Å²) in [4.78, 5) is 18.9. The number of amides is 1. The van der Waals surface area contributed by atoms with Gasteiger partial charge in [-0.2, -0.15) is 4.98 Å². The topological polar surface area (TPSA) is 59.2 Å². The summed E-state index contributed by atoms with van der Waals surface area (Å²) in [6.45, 7) is 1.16. The number of carbonyl (C=O) groups excluding carboxylic acids is 1. The van der Waals surface area contributed by atoms with Gasteiger partial charge in [0.25, 0.3) is 5.91 Å². The Bertz CT molecular complexity index is 999. The number of hydrogen-bond acceptors (Lipinski definition) is 4. The van der Waals surface area contributed by atoms with E-state index in [9.17, 15) is 9.18 Å². The number of carbonyl (C=O) groups is 1. The molecule has 0 aliphatic carbocycles. The smallest absolute Gasteiger partial charge is 0.253 e. The first kappa shape index (κ1) is 18.9. The standard InChI is InChI=1S/C20H16Cl2FN3O2/c21-16-6-3-14(11-17(16)22)20(27)26-9-7-13(8-10-26)19-24-18(25-28-19)12-1-4-15(23)5-2-12/h1-6,11,13H,7-10H2. The van der Waals surface area contributed by atoms with E-state index >= 15 is 0 Å². The molecular weight excluding hydrogens is 404 g/mol. The third-order valence-corrected chi connectivity index (χ3v) is 5.58. The molecule has 0 atom stereocenters. The van der Waals surface area contributed by atoms with Crippen molar-refractivity contribution in [1.82, 2.24) is 15.0 Å². The van der Waals surface area contributed by atoms with E-state index < -0.39 is 0 Å². The predicted octanol–water partition coefficient (Wildman–Crippen LogP) is 5.20. The Hall–Kier alpha value is -2.44. The van der Waals surface area contributed by atoms with Crippen LogP contribution in [0, 0.1) is 5.82 Å². The van der Waals surface area contributed by atoms with Crippen molar-refractivity contribution in [2.75, 3.05) is 13.1 Å². The molecule has 2 aromatic carbocycles. The van der Waals surface area contributed by atoms with Gasteiger partial charge in [0.05, 0.1) is 10.0 Å². The highest BCUT2D eigenvalue weighted by atomic mass is 35.5. The second-order valence-electron chi connectivity index (χ2n) is 6.66. The molecule has 0 N–H and O–H groups in total. The lowest BCUT2D eigenvalue weighted by Gasteiger charge is -2.30. The summed E-state index contributed by atoms with van der Waals surface area (Å²) in [6.07, 6.45) is 1.44. The molecule has 1 aliphatic heterocycles. The maximum atomic E-state index is 13.1. The third-order valence-electron chi connectivity index (χ3n) is 4.84. The first-order valence-electron chi connectivity index (χ1n) is 8.85. The van der Waals surface area contributed by atoms with E-state index in [-0.39, 0.29) is 17.6 Å². The quantitative estimate of drug-likeness (QED) is 0.584. The van der Waals surface area contributed by atoms with Crippen molar-refractivity contribution < 1.29 is 13.7 Å². The summed E-state index contributed by atoms with van der Waals surface area (Å²) in [7, 11) is 0. The number of benzene rings is 2. The molecular formula is C20H16Cl2FN3O2. The van der Waals surface area contributed by atoms with Crippen molar-refractivity contribution in [3.63, 3.8) is 0 Å². The van der Waals surface area contributed by atoms with Crippen LogP contribution in [0.25, 0.3) is 11.4 Å². The van der Waals surface area contributed by atoms with Gasteiger partial charge in [0, 0.05) is 30.1 Å². The van der Waals surface area contributed by atoms with Crippen molar-refractivity contribution in [3.05, 3.63) is 69.8 Å². The predicted molar refractivity (Wildman–Crippen MR) is 104 cm³/mol. The fraction of sp³-hybridized carbons (Fsp3) is 0.250. The van der Waals surface area contributed by atoms with Gasteiger partial charge >= 0.3 is 0 Å². The van der Waals surface area contributed by atoms with Gasteiger partial charge < -0.3 is 9.42 Å². The van der Waals surface area contributed by atoms with Crippen LogP contribution in [0.5, 0.6) is 0 Å². The number of halogens is 3. The molecule has 0 bridgehead atoms. The molecule has 1 aromatic heterocycles. The minimum Gasteiger partial charge on any atom is -0.339 e. The summed E-state index contributed by atoms with van der Waals surface area (Å²) in [6, 6.07) is 10.8. The Kier molecular flexibility index (Phi) is 5.33. The Morgan fingerprint density at radius 1 is 1.07 bits per heavy atom. The van der Waals surface area contributed by atoms with Crippen LogP contribution in [0.1, 0.15) is 35.0 Å². The van der Waals surface area contributed by atoms with E-state index in [1.54, 1.807) is 35.2 Å². The zero-order valence-electron chi connectivity index (χ0n) is 14.7. The van der Waals surface area contributed by atoms with Gasteiger partial charge in [-0.3, -0.25) is 4.79 Å². The second-order valence-corrected chi connectivity index (χ2v) is 7.47.